The molecule has 3 nitrogen and oxygen atoms in total. The zero-order valence-electron chi connectivity index (χ0n) is 7.33. The van der Waals surface area contributed by atoms with E-state index in [4.69, 9.17) is 11.6 Å². The molecule has 0 aromatic heterocycles. The van der Waals surface area contributed by atoms with Crippen LogP contribution in [0.4, 0.5) is 0 Å². The molecular formula is C10H8ClO3-. The van der Waals surface area contributed by atoms with E-state index in [9.17, 15) is 14.7 Å². The van der Waals surface area contributed by atoms with E-state index in [0.29, 0.717) is 5.02 Å². The van der Waals surface area contributed by atoms with E-state index in [2.05, 4.69) is 0 Å². The van der Waals surface area contributed by atoms with Gasteiger partial charge in [-0.05, 0) is 17.7 Å². The van der Waals surface area contributed by atoms with Crippen molar-refractivity contribution in [1.82, 2.24) is 0 Å². The number of aliphatic carboxylic acids is 1. The van der Waals surface area contributed by atoms with Crippen LogP contribution in [0.5, 0.6) is 0 Å². The third-order valence-electron chi connectivity index (χ3n) is 1.66. The lowest BCUT2D eigenvalue weighted by Crippen LogP contribution is -2.25. The molecular weight excluding hydrogens is 204 g/mol. The van der Waals surface area contributed by atoms with Crippen molar-refractivity contribution >= 4 is 23.4 Å². The van der Waals surface area contributed by atoms with Crippen LogP contribution in [0.2, 0.25) is 5.02 Å². The fourth-order valence-corrected chi connectivity index (χ4v) is 1.18. The first-order valence-electron chi connectivity index (χ1n) is 4.04. The summed E-state index contributed by atoms with van der Waals surface area (Å²) >= 11 is 5.64. The van der Waals surface area contributed by atoms with Gasteiger partial charge in [0.15, 0.2) is 0 Å². The van der Waals surface area contributed by atoms with Crippen molar-refractivity contribution in [1.29, 1.82) is 0 Å². The molecule has 0 spiro atoms. The highest BCUT2D eigenvalue weighted by molar-refractivity contribution is 6.30. The van der Waals surface area contributed by atoms with E-state index in [1.54, 1.807) is 24.3 Å². The summed E-state index contributed by atoms with van der Waals surface area (Å²) in [6.07, 6.45) is -0.437. The number of carbonyl (C=O) groups is 2. The van der Waals surface area contributed by atoms with E-state index >= 15 is 0 Å². The smallest absolute Gasteiger partial charge is 0.142 e. The van der Waals surface area contributed by atoms with E-state index in [1.165, 1.54) is 0 Å². The van der Waals surface area contributed by atoms with Crippen molar-refractivity contribution in [2.45, 2.75) is 12.8 Å². The van der Waals surface area contributed by atoms with Crippen LogP contribution in [0.25, 0.3) is 0 Å². The van der Waals surface area contributed by atoms with Crippen molar-refractivity contribution in [3.8, 4) is 0 Å². The Labute approximate surface area is 86.3 Å². The molecule has 1 rings (SSSR count). The lowest BCUT2D eigenvalue weighted by molar-refractivity contribution is -0.304. The minimum atomic E-state index is -1.34. The highest BCUT2D eigenvalue weighted by Crippen LogP contribution is 2.10. The molecule has 0 atom stereocenters. The molecule has 0 amide bonds. The van der Waals surface area contributed by atoms with Crippen LogP contribution in [-0.2, 0) is 16.0 Å². The van der Waals surface area contributed by atoms with Gasteiger partial charge in [0.25, 0.3) is 0 Å². The zero-order chi connectivity index (χ0) is 10.6. The predicted molar refractivity (Wildman–Crippen MR) is 49.8 cm³/mol. The second kappa shape index (κ2) is 4.77. The number of benzene rings is 1. The first-order valence-corrected chi connectivity index (χ1v) is 4.41. The summed E-state index contributed by atoms with van der Waals surface area (Å²) in [6, 6.07) is 6.69. The zero-order valence-corrected chi connectivity index (χ0v) is 8.08. The molecule has 0 saturated carbocycles. The minimum absolute atomic E-state index is 0.102. The van der Waals surface area contributed by atoms with Gasteiger partial charge < -0.3 is 9.90 Å². The van der Waals surface area contributed by atoms with Crippen LogP contribution >= 0.6 is 11.6 Å². The third-order valence-corrected chi connectivity index (χ3v) is 1.91. The van der Waals surface area contributed by atoms with Gasteiger partial charge in [0.1, 0.15) is 5.78 Å². The molecule has 0 heterocycles. The molecule has 0 radical (unpaired) electrons. The summed E-state index contributed by atoms with van der Waals surface area (Å²) < 4.78 is 0. The van der Waals surface area contributed by atoms with Gasteiger partial charge in [-0.15, -0.1) is 0 Å². The molecule has 1 aromatic rings. The van der Waals surface area contributed by atoms with Crippen molar-refractivity contribution in [3.63, 3.8) is 0 Å². The molecule has 74 valence electrons. The summed E-state index contributed by atoms with van der Waals surface area (Å²) in [5.74, 6) is -1.71. The van der Waals surface area contributed by atoms with Crippen molar-refractivity contribution in [3.05, 3.63) is 34.9 Å². The molecule has 4 heteroatoms. The number of ketones is 1. The molecule has 0 bridgehead atoms. The normalized spacial score (nSPS) is 9.79. The fraction of sp³-hybridized carbons (Fsp3) is 0.200. The maximum Gasteiger partial charge on any atom is 0.142 e. The van der Waals surface area contributed by atoms with Crippen molar-refractivity contribution < 1.29 is 14.7 Å². The summed E-state index contributed by atoms with van der Waals surface area (Å²) in [4.78, 5) is 21.2. The maximum atomic E-state index is 11.1. The highest BCUT2D eigenvalue weighted by atomic mass is 35.5. The van der Waals surface area contributed by atoms with Gasteiger partial charge >= 0.3 is 0 Å². The lowest BCUT2D eigenvalue weighted by atomic mass is 10.1. The summed E-state index contributed by atoms with van der Waals surface area (Å²) in [5, 5.41) is 10.7. The second-order valence-corrected chi connectivity index (χ2v) is 3.33. The lowest BCUT2D eigenvalue weighted by Gasteiger charge is -2.01. The summed E-state index contributed by atoms with van der Waals surface area (Å²) in [5.41, 5.74) is 0.751. The molecule has 0 saturated heterocycles. The average Bonchev–Trinajstić information content (AvgIpc) is 2.07. The Balaban J connectivity index is 2.56. The van der Waals surface area contributed by atoms with Crippen LogP contribution in [0.15, 0.2) is 24.3 Å². The molecule has 0 fully saturated rings. The van der Waals surface area contributed by atoms with Crippen molar-refractivity contribution in [2.24, 2.45) is 0 Å². The Kier molecular flexibility index (Phi) is 3.65. The second-order valence-electron chi connectivity index (χ2n) is 2.89. The van der Waals surface area contributed by atoms with Crippen LogP contribution in [0, 0.1) is 0 Å². The first-order chi connectivity index (χ1) is 6.58. The van der Waals surface area contributed by atoms with E-state index < -0.39 is 12.4 Å². The SMILES string of the molecule is O=C([O-])CC(=O)Cc1ccc(Cl)cc1. The van der Waals surface area contributed by atoms with Crippen molar-refractivity contribution in [2.75, 3.05) is 0 Å². The van der Waals surface area contributed by atoms with E-state index in [-0.39, 0.29) is 12.2 Å². The summed E-state index contributed by atoms with van der Waals surface area (Å²) in [6.45, 7) is 0. The number of halogens is 1. The Bertz CT molecular complexity index is 343. The standard InChI is InChI=1S/C10H9ClO3/c11-8-3-1-7(2-4-8)5-9(12)6-10(13)14/h1-4H,5-6H2,(H,13,14)/p-1. The van der Waals surface area contributed by atoms with Gasteiger partial charge in [-0.3, -0.25) is 4.79 Å². The topological polar surface area (TPSA) is 57.2 Å². The Hall–Kier alpha value is -1.35. The fourth-order valence-electron chi connectivity index (χ4n) is 1.05. The van der Waals surface area contributed by atoms with Gasteiger partial charge in [-0.2, -0.15) is 0 Å². The summed E-state index contributed by atoms with van der Waals surface area (Å²) in [7, 11) is 0. The molecule has 1 aromatic carbocycles. The monoisotopic (exact) mass is 211 g/mol. The first kappa shape index (κ1) is 10.7. The van der Waals surface area contributed by atoms with E-state index in [1.807, 2.05) is 0 Å². The number of hydrogen-bond acceptors (Lipinski definition) is 3. The molecule has 0 aliphatic rings. The molecule has 0 aliphatic heterocycles. The van der Waals surface area contributed by atoms with Gasteiger partial charge in [0, 0.05) is 23.8 Å². The number of rotatable bonds is 4. The van der Waals surface area contributed by atoms with Gasteiger partial charge in [0.05, 0.1) is 0 Å². The number of carbonyl (C=O) groups excluding carboxylic acids is 2. The van der Waals surface area contributed by atoms with Gasteiger partial charge in [0.2, 0.25) is 0 Å². The van der Waals surface area contributed by atoms with Crippen LogP contribution < -0.4 is 5.11 Å². The third kappa shape index (κ3) is 3.58. The minimum Gasteiger partial charge on any atom is -0.550 e. The van der Waals surface area contributed by atoms with Gasteiger partial charge in [-0.25, -0.2) is 0 Å². The number of Topliss-reactive ketones (excluding diaryl/α,β-unsaturated/α-hetero) is 1. The molecule has 0 aliphatic carbocycles. The Morgan fingerprint density at radius 1 is 1.21 bits per heavy atom. The molecule has 0 N–H and O–H groups in total. The number of carboxylic acids is 1. The molecule has 14 heavy (non-hydrogen) atoms. The predicted octanol–water partition coefficient (Wildman–Crippen LogP) is 0.592. The number of carboxylic acid groups (broad SMARTS) is 1. The Morgan fingerprint density at radius 2 is 1.79 bits per heavy atom. The highest BCUT2D eigenvalue weighted by Gasteiger charge is 2.03. The van der Waals surface area contributed by atoms with E-state index in [0.717, 1.165) is 5.56 Å². The largest absolute Gasteiger partial charge is 0.550 e. The quantitative estimate of drug-likeness (QED) is 0.685. The van der Waals surface area contributed by atoms with Gasteiger partial charge in [-0.1, -0.05) is 23.7 Å². The Morgan fingerprint density at radius 3 is 2.29 bits per heavy atom. The van der Waals surface area contributed by atoms with Crippen LogP contribution in [0.1, 0.15) is 12.0 Å². The molecule has 0 unspecified atom stereocenters. The van der Waals surface area contributed by atoms with Crippen LogP contribution in [-0.4, -0.2) is 11.8 Å². The number of hydrogen-bond donors (Lipinski definition) is 0. The van der Waals surface area contributed by atoms with Crippen LogP contribution in [0.3, 0.4) is 0 Å². The maximum absolute atomic E-state index is 11.1. The average molecular weight is 212 g/mol.